The molecule has 0 spiro atoms. The summed E-state index contributed by atoms with van der Waals surface area (Å²) < 4.78 is 9.65. The van der Waals surface area contributed by atoms with Crippen LogP contribution in [0.4, 0.5) is 0 Å². The minimum atomic E-state index is -1.06. The SMILES string of the molecule is NCC(=O)Oc1ccc(C[C@H](N)C(=O)OC(=O)[C@@H](N)CCCN=C(N)N)cc1. The van der Waals surface area contributed by atoms with Gasteiger partial charge in [0.2, 0.25) is 0 Å². The molecule has 154 valence electrons. The fourth-order valence-electron chi connectivity index (χ4n) is 2.09. The zero-order chi connectivity index (χ0) is 21.1. The number of rotatable bonds is 10. The molecular weight excluding hydrogens is 368 g/mol. The Morgan fingerprint density at radius 1 is 1.00 bits per heavy atom. The average molecular weight is 394 g/mol. The molecule has 0 aliphatic rings. The molecule has 1 aromatic rings. The summed E-state index contributed by atoms with van der Waals surface area (Å²) >= 11 is 0. The Bertz CT molecular complexity index is 702. The normalized spacial score (nSPS) is 12.5. The maximum Gasteiger partial charge on any atom is 0.330 e. The molecule has 0 radical (unpaired) electrons. The van der Waals surface area contributed by atoms with Crippen LogP contribution >= 0.6 is 0 Å². The molecule has 11 heteroatoms. The van der Waals surface area contributed by atoms with Gasteiger partial charge in [0.1, 0.15) is 17.8 Å². The third-order valence-corrected chi connectivity index (χ3v) is 3.55. The highest BCUT2D eigenvalue weighted by molar-refractivity contribution is 5.90. The molecule has 1 aromatic carbocycles. The quantitative estimate of drug-likeness (QED) is 0.0725. The number of benzene rings is 1. The van der Waals surface area contributed by atoms with Gasteiger partial charge >= 0.3 is 17.9 Å². The van der Waals surface area contributed by atoms with Crippen molar-refractivity contribution in [2.24, 2.45) is 33.7 Å². The van der Waals surface area contributed by atoms with Gasteiger partial charge in [0.25, 0.3) is 0 Å². The van der Waals surface area contributed by atoms with E-state index in [1.54, 1.807) is 24.3 Å². The van der Waals surface area contributed by atoms with Crippen molar-refractivity contribution in [3.63, 3.8) is 0 Å². The van der Waals surface area contributed by atoms with Crippen LogP contribution in [0.5, 0.6) is 5.75 Å². The lowest BCUT2D eigenvalue weighted by Crippen LogP contribution is -2.40. The molecule has 0 fully saturated rings. The van der Waals surface area contributed by atoms with Crippen LogP contribution in [0.1, 0.15) is 18.4 Å². The molecule has 0 heterocycles. The number of nitrogens with zero attached hydrogens (tertiary/aromatic N) is 1. The van der Waals surface area contributed by atoms with Crippen LogP contribution < -0.4 is 33.4 Å². The van der Waals surface area contributed by atoms with Gasteiger partial charge in [-0.05, 0) is 37.0 Å². The van der Waals surface area contributed by atoms with Crippen LogP contribution in [0, 0.1) is 0 Å². The first-order valence-electron chi connectivity index (χ1n) is 8.54. The maximum absolute atomic E-state index is 12.0. The monoisotopic (exact) mass is 394 g/mol. The number of esters is 3. The van der Waals surface area contributed by atoms with Gasteiger partial charge in [-0.25, -0.2) is 9.59 Å². The first-order chi connectivity index (χ1) is 13.2. The molecule has 11 nitrogen and oxygen atoms in total. The number of aliphatic imine (C=N–C) groups is 1. The Balaban J connectivity index is 2.46. The van der Waals surface area contributed by atoms with E-state index in [9.17, 15) is 14.4 Å². The first kappa shape index (κ1) is 23.0. The molecule has 10 N–H and O–H groups in total. The van der Waals surface area contributed by atoms with Gasteiger partial charge in [0, 0.05) is 6.54 Å². The Kier molecular flexibility index (Phi) is 9.57. The summed E-state index contributed by atoms with van der Waals surface area (Å²) in [5, 5.41) is 0. The number of carbonyl (C=O) groups is 3. The molecule has 0 aromatic heterocycles. The lowest BCUT2D eigenvalue weighted by atomic mass is 10.1. The second kappa shape index (κ2) is 11.6. The van der Waals surface area contributed by atoms with E-state index in [-0.39, 0.29) is 25.3 Å². The lowest BCUT2D eigenvalue weighted by Gasteiger charge is -2.13. The van der Waals surface area contributed by atoms with Crippen LogP contribution in [0.25, 0.3) is 0 Å². The molecular formula is C17H26N6O5. The molecule has 0 saturated carbocycles. The standard InChI is InChI=1S/C17H26N6O5/c18-9-14(24)27-11-5-3-10(4-6-11)8-13(20)16(26)28-15(25)12(19)2-1-7-23-17(21)22/h3-6,12-13H,1-2,7-9,18-20H2,(H4,21,22,23)/t12-,13-/m0/s1. The molecule has 0 bridgehead atoms. The van der Waals surface area contributed by atoms with E-state index in [4.69, 9.17) is 38.1 Å². The highest BCUT2D eigenvalue weighted by atomic mass is 16.6. The average Bonchev–Trinajstić information content (AvgIpc) is 2.66. The van der Waals surface area contributed by atoms with E-state index >= 15 is 0 Å². The third-order valence-electron chi connectivity index (χ3n) is 3.55. The van der Waals surface area contributed by atoms with Crippen molar-refractivity contribution in [3.05, 3.63) is 29.8 Å². The molecule has 0 amide bonds. The van der Waals surface area contributed by atoms with Crippen molar-refractivity contribution in [3.8, 4) is 5.75 Å². The van der Waals surface area contributed by atoms with Crippen molar-refractivity contribution >= 4 is 23.9 Å². The van der Waals surface area contributed by atoms with Gasteiger partial charge < -0.3 is 38.1 Å². The van der Waals surface area contributed by atoms with Crippen LogP contribution in [-0.2, 0) is 25.5 Å². The Hall–Kier alpha value is -3.02. The predicted octanol–water partition coefficient (Wildman–Crippen LogP) is -2.13. The maximum atomic E-state index is 12.0. The number of nitrogens with two attached hydrogens (primary N) is 5. The van der Waals surface area contributed by atoms with E-state index < -0.39 is 30.0 Å². The summed E-state index contributed by atoms with van der Waals surface area (Å²) in [5.41, 5.74) is 27.7. The van der Waals surface area contributed by atoms with Crippen molar-refractivity contribution in [2.45, 2.75) is 31.3 Å². The first-order valence-corrected chi connectivity index (χ1v) is 8.54. The van der Waals surface area contributed by atoms with Crippen molar-refractivity contribution in [1.82, 2.24) is 0 Å². The molecule has 1 rings (SSSR count). The summed E-state index contributed by atoms with van der Waals surface area (Å²) in [7, 11) is 0. The van der Waals surface area contributed by atoms with Crippen LogP contribution in [0.2, 0.25) is 0 Å². The van der Waals surface area contributed by atoms with E-state index in [0.29, 0.717) is 24.3 Å². The smallest absolute Gasteiger partial charge is 0.330 e. The Labute approximate surface area is 162 Å². The topological polar surface area (TPSA) is 212 Å². The highest BCUT2D eigenvalue weighted by Gasteiger charge is 2.23. The van der Waals surface area contributed by atoms with Crippen molar-refractivity contribution < 1.29 is 23.9 Å². The van der Waals surface area contributed by atoms with E-state index in [0.717, 1.165) is 0 Å². The van der Waals surface area contributed by atoms with Gasteiger partial charge in [-0.1, -0.05) is 12.1 Å². The molecule has 0 saturated heterocycles. The molecule has 2 atom stereocenters. The highest BCUT2D eigenvalue weighted by Crippen LogP contribution is 2.13. The second-order valence-electron chi connectivity index (χ2n) is 5.93. The number of guanidine groups is 1. The Morgan fingerprint density at radius 2 is 1.61 bits per heavy atom. The molecule has 0 aliphatic heterocycles. The minimum absolute atomic E-state index is 0.0529. The van der Waals surface area contributed by atoms with Crippen LogP contribution in [0.15, 0.2) is 29.3 Å². The summed E-state index contributed by atoms with van der Waals surface area (Å²) in [6.07, 6.45) is 0.827. The second-order valence-corrected chi connectivity index (χ2v) is 5.93. The van der Waals surface area contributed by atoms with Gasteiger partial charge in [-0.2, -0.15) is 0 Å². The van der Waals surface area contributed by atoms with Gasteiger partial charge in [0.15, 0.2) is 5.96 Å². The van der Waals surface area contributed by atoms with E-state index in [1.807, 2.05) is 0 Å². The molecule has 0 aliphatic carbocycles. The number of carbonyl (C=O) groups excluding carboxylic acids is 3. The predicted molar refractivity (Wildman–Crippen MR) is 102 cm³/mol. The number of ether oxygens (including phenoxy) is 2. The van der Waals surface area contributed by atoms with Crippen LogP contribution in [0.3, 0.4) is 0 Å². The van der Waals surface area contributed by atoms with Crippen molar-refractivity contribution in [2.75, 3.05) is 13.1 Å². The van der Waals surface area contributed by atoms with Gasteiger partial charge in [-0.3, -0.25) is 9.79 Å². The third kappa shape index (κ3) is 8.58. The fraction of sp³-hybridized carbons (Fsp3) is 0.412. The lowest BCUT2D eigenvalue weighted by molar-refractivity contribution is -0.161. The Morgan fingerprint density at radius 3 is 2.18 bits per heavy atom. The molecule has 0 unspecified atom stereocenters. The van der Waals surface area contributed by atoms with Gasteiger partial charge in [-0.15, -0.1) is 0 Å². The minimum Gasteiger partial charge on any atom is -0.426 e. The molecule has 28 heavy (non-hydrogen) atoms. The largest absolute Gasteiger partial charge is 0.426 e. The zero-order valence-electron chi connectivity index (χ0n) is 15.4. The van der Waals surface area contributed by atoms with Gasteiger partial charge in [0.05, 0.1) is 6.54 Å². The van der Waals surface area contributed by atoms with E-state index in [2.05, 4.69) is 4.99 Å². The summed E-state index contributed by atoms with van der Waals surface area (Å²) in [5.74, 6) is -2.06. The summed E-state index contributed by atoms with van der Waals surface area (Å²) in [4.78, 5) is 38.7. The zero-order valence-corrected chi connectivity index (χ0v) is 15.4. The number of hydrogen-bond acceptors (Lipinski definition) is 9. The van der Waals surface area contributed by atoms with E-state index in [1.165, 1.54) is 0 Å². The fourth-order valence-corrected chi connectivity index (χ4v) is 2.09. The van der Waals surface area contributed by atoms with Crippen LogP contribution in [-0.4, -0.2) is 49.0 Å². The van der Waals surface area contributed by atoms with Crippen molar-refractivity contribution in [1.29, 1.82) is 0 Å². The summed E-state index contributed by atoms with van der Waals surface area (Å²) in [6, 6.07) is 4.29. The number of hydrogen-bond donors (Lipinski definition) is 5. The summed E-state index contributed by atoms with van der Waals surface area (Å²) in [6.45, 7) is 0.0796.